The summed E-state index contributed by atoms with van der Waals surface area (Å²) in [5, 5.41) is 3.09. The number of hydrogen-bond donors (Lipinski definition) is 1. The van der Waals surface area contributed by atoms with Crippen molar-refractivity contribution >= 4 is 33.2 Å². The number of halogens is 1. The van der Waals surface area contributed by atoms with E-state index in [4.69, 9.17) is 0 Å². The highest BCUT2D eigenvalue weighted by Crippen LogP contribution is 2.37. The minimum Gasteiger partial charge on any atom is -0.343 e. The molecule has 3 nitrogen and oxygen atoms in total. The molecule has 0 aliphatic heterocycles. The molecule has 1 unspecified atom stereocenters. The molecule has 0 spiro atoms. The first kappa shape index (κ1) is 13.9. The van der Waals surface area contributed by atoms with Crippen molar-refractivity contribution in [2.75, 3.05) is 0 Å². The van der Waals surface area contributed by atoms with E-state index in [2.05, 4.69) is 44.9 Å². The Kier molecular flexibility index (Phi) is 3.73. The molecule has 1 aliphatic rings. The van der Waals surface area contributed by atoms with Crippen molar-refractivity contribution in [1.82, 2.24) is 9.88 Å². The second kappa shape index (κ2) is 5.37. The molecule has 0 radical (unpaired) electrons. The summed E-state index contributed by atoms with van der Waals surface area (Å²) in [6.45, 7) is 4.11. The van der Waals surface area contributed by atoms with Crippen molar-refractivity contribution in [3.8, 4) is 0 Å². The van der Waals surface area contributed by atoms with E-state index in [1.807, 2.05) is 19.2 Å². The third-order valence-electron chi connectivity index (χ3n) is 3.52. The number of rotatable bonds is 4. The molecule has 0 bridgehead atoms. The van der Waals surface area contributed by atoms with Crippen molar-refractivity contribution < 1.29 is 4.79 Å². The van der Waals surface area contributed by atoms with E-state index in [1.54, 1.807) is 11.3 Å². The zero-order valence-corrected chi connectivity index (χ0v) is 13.9. The van der Waals surface area contributed by atoms with Gasteiger partial charge in [-0.05, 0) is 60.8 Å². The Morgan fingerprint density at radius 2 is 2.25 bits per heavy atom. The lowest BCUT2D eigenvalue weighted by atomic mass is 10.2. The average molecular weight is 353 g/mol. The Morgan fingerprint density at radius 1 is 1.50 bits per heavy atom. The summed E-state index contributed by atoms with van der Waals surface area (Å²) in [7, 11) is 0. The molecule has 2 aromatic heterocycles. The molecule has 2 aromatic rings. The highest BCUT2D eigenvalue weighted by molar-refractivity contribution is 9.10. The monoisotopic (exact) mass is 352 g/mol. The van der Waals surface area contributed by atoms with Gasteiger partial charge in [-0.15, -0.1) is 11.3 Å². The number of aromatic nitrogens is 1. The molecule has 5 heteroatoms. The number of nitrogens with one attached hydrogen (secondary N) is 1. The van der Waals surface area contributed by atoms with Crippen LogP contribution in [-0.4, -0.2) is 10.5 Å². The fourth-order valence-electron chi connectivity index (χ4n) is 2.31. The van der Waals surface area contributed by atoms with Crippen LogP contribution in [0.25, 0.3) is 0 Å². The minimum absolute atomic E-state index is 0.00107. The van der Waals surface area contributed by atoms with Crippen LogP contribution < -0.4 is 5.32 Å². The summed E-state index contributed by atoms with van der Waals surface area (Å²) in [6.07, 6.45) is 4.34. The highest BCUT2D eigenvalue weighted by Gasteiger charge is 2.28. The average Bonchev–Trinajstić information content (AvgIpc) is 3.03. The molecule has 2 heterocycles. The second-order valence-electron chi connectivity index (χ2n) is 5.33. The largest absolute Gasteiger partial charge is 0.343 e. The summed E-state index contributed by atoms with van der Waals surface area (Å²) < 4.78 is 3.06. The predicted octanol–water partition coefficient (Wildman–Crippen LogP) is 4.45. The molecule has 3 rings (SSSR count). The lowest BCUT2D eigenvalue weighted by Crippen LogP contribution is -2.28. The van der Waals surface area contributed by atoms with Gasteiger partial charge in [0.05, 0.1) is 6.04 Å². The van der Waals surface area contributed by atoms with Gasteiger partial charge in [0.1, 0.15) is 5.69 Å². The maximum Gasteiger partial charge on any atom is 0.268 e. The summed E-state index contributed by atoms with van der Waals surface area (Å²) in [6, 6.07) is 6.62. The van der Waals surface area contributed by atoms with Crippen molar-refractivity contribution in [3.05, 3.63) is 44.3 Å². The van der Waals surface area contributed by atoms with Crippen LogP contribution in [0.15, 0.2) is 28.9 Å². The van der Waals surface area contributed by atoms with Gasteiger partial charge >= 0.3 is 0 Å². The molecular weight excluding hydrogens is 336 g/mol. The molecule has 20 heavy (non-hydrogen) atoms. The van der Waals surface area contributed by atoms with Crippen LogP contribution in [0.1, 0.15) is 52.1 Å². The molecular formula is C15H17BrN2OS. The number of carbonyl (C=O) groups is 1. The molecule has 0 aromatic carbocycles. The Hall–Kier alpha value is -1.07. The van der Waals surface area contributed by atoms with Gasteiger partial charge in [0.2, 0.25) is 0 Å². The Labute approximate surface area is 131 Å². The summed E-state index contributed by atoms with van der Waals surface area (Å²) in [4.78, 5) is 14.9. The number of nitrogens with zero attached hydrogens (tertiary/aromatic N) is 1. The van der Waals surface area contributed by atoms with Crippen molar-refractivity contribution in [2.24, 2.45) is 0 Å². The van der Waals surface area contributed by atoms with Gasteiger partial charge in [-0.25, -0.2) is 0 Å². The molecule has 1 N–H and O–H groups in total. The van der Waals surface area contributed by atoms with Gasteiger partial charge in [-0.3, -0.25) is 4.79 Å². The van der Waals surface area contributed by atoms with Crippen LogP contribution in [-0.2, 0) is 0 Å². The van der Waals surface area contributed by atoms with E-state index in [1.165, 1.54) is 22.6 Å². The predicted molar refractivity (Wildman–Crippen MR) is 85.3 cm³/mol. The number of aryl methyl sites for hydroxylation is 1. The van der Waals surface area contributed by atoms with Gasteiger partial charge in [-0.2, -0.15) is 0 Å². The maximum absolute atomic E-state index is 12.5. The van der Waals surface area contributed by atoms with Crippen LogP contribution >= 0.6 is 27.3 Å². The zero-order valence-electron chi connectivity index (χ0n) is 11.5. The number of carbonyl (C=O) groups excluding carboxylic acids is 1. The molecule has 1 atom stereocenters. The van der Waals surface area contributed by atoms with E-state index >= 15 is 0 Å². The quantitative estimate of drug-likeness (QED) is 0.866. The van der Waals surface area contributed by atoms with Gasteiger partial charge in [-0.1, -0.05) is 0 Å². The molecule has 1 fully saturated rings. The number of thiophene rings is 1. The van der Waals surface area contributed by atoms with Crippen LogP contribution in [0, 0.1) is 6.92 Å². The minimum atomic E-state index is 0.00107. The van der Waals surface area contributed by atoms with Crippen LogP contribution in [0.2, 0.25) is 0 Å². The molecule has 1 amide bonds. The van der Waals surface area contributed by atoms with E-state index in [0.29, 0.717) is 6.04 Å². The standard InChI is InChI=1S/C15H17BrN2OS/c1-9-3-6-14(20-9)10(2)17-15(19)13-7-11(16)8-18(13)12-4-5-12/h3,6-8,10,12H,4-5H2,1-2H3,(H,17,19). The summed E-state index contributed by atoms with van der Waals surface area (Å²) >= 11 is 5.19. The number of amides is 1. The fourth-order valence-corrected chi connectivity index (χ4v) is 3.63. The third kappa shape index (κ3) is 2.83. The smallest absolute Gasteiger partial charge is 0.268 e. The van der Waals surface area contributed by atoms with Crippen LogP contribution in [0.5, 0.6) is 0 Å². The Morgan fingerprint density at radius 3 is 2.85 bits per heavy atom. The molecule has 1 aliphatic carbocycles. The fraction of sp³-hybridized carbons (Fsp3) is 0.400. The highest BCUT2D eigenvalue weighted by atomic mass is 79.9. The van der Waals surface area contributed by atoms with Gasteiger partial charge in [0, 0.05) is 26.5 Å². The topological polar surface area (TPSA) is 34.0 Å². The van der Waals surface area contributed by atoms with E-state index in [0.717, 1.165) is 10.2 Å². The Bertz CT molecular complexity index is 642. The van der Waals surface area contributed by atoms with Gasteiger partial charge < -0.3 is 9.88 Å². The lowest BCUT2D eigenvalue weighted by Gasteiger charge is -2.13. The van der Waals surface area contributed by atoms with E-state index < -0.39 is 0 Å². The normalized spacial score (nSPS) is 16.1. The van der Waals surface area contributed by atoms with Gasteiger partial charge in [0.25, 0.3) is 5.91 Å². The summed E-state index contributed by atoms with van der Waals surface area (Å²) in [5.74, 6) is 0.00107. The lowest BCUT2D eigenvalue weighted by molar-refractivity contribution is 0.0931. The Balaban J connectivity index is 1.76. The van der Waals surface area contributed by atoms with Crippen LogP contribution in [0.3, 0.4) is 0 Å². The van der Waals surface area contributed by atoms with Crippen molar-refractivity contribution in [1.29, 1.82) is 0 Å². The first-order valence-electron chi connectivity index (χ1n) is 6.79. The number of hydrogen-bond acceptors (Lipinski definition) is 2. The molecule has 1 saturated carbocycles. The van der Waals surface area contributed by atoms with E-state index in [9.17, 15) is 4.79 Å². The maximum atomic E-state index is 12.5. The third-order valence-corrected chi connectivity index (χ3v) is 5.14. The second-order valence-corrected chi connectivity index (χ2v) is 7.56. The van der Waals surface area contributed by atoms with Crippen LogP contribution in [0.4, 0.5) is 0 Å². The molecule has 0 saturated heterocycles. The summed E-state index contributed by atoms with van der Waals surface area (Å²) in [5.41, 5.74) is 0.750. The first-order valence-corrected chi connectivity index (χ1v) is 8.40. The molecule has 106 valence electrons. The van der Waals surface area contributed by atoms with Crippen molar-refractivity contribution in [3.63, 3.8) is 0 Å². The van der Waals surface area contributed by atoms with Crippen molar-refractivity contribution in [2.45, 2.75) is 38.8 Å². The zero-order chi connectivity index (χ0) is 14.3. The van der Waals surface area contributed by atoms with Gasteiger partial charge in [0.15, 0.2) is 0 Å². The van der Waals surface area contributed by atoms with E-state index in [-0.39, 0.29) is 11.9 Å². The first-order chi connectivity index (χ1) is 9.54. The SMILES string of the molecule is Cc1ccc(C(C)NC(=O)c2cc(Br)cn2C2CC2)s1.